The summed E-state index contributed by atoms with van der Waals surface area (Å²) in [7, 11) is -5.46. The Morgan fingerprint density at radius 2 is 1.50 bits per heavy atom. The second-order valence-corrected chi connectivity index (χ2v) is 9.33. The molecule has 0 saturated heterocycles. The molecule has 0 spiro atoms. The number of hydrogen-bond donors (Lipinski definition) is 0. The van der Waals surface area contributed by atoms with Crippen molar-refractivity contribution >= 4 is 26.0 Å². The van der Waals surface area contributed by atoms with E-state index in [1.807, 2.05) is 0 Å². The maximum Gasteiger partial charge on any atom is 1.00 e. The summed E-state index contributed by atoms with van der Waals surface area (Å²) in [5.41, 5.74) is 0. The molecule has 0 N–H and O–H groups in total. The molecule has 0 heterocycles. The molecular weight excluding hydrogens is 355 g/mol. The van der Waals surface area contributed by atoms with Crippen LogP contribution in [0.5, 0.6) is 0 Å². The van der Waals surface area contributed by atoms with Gasteiger partial charge in [-0.1, -0.05) is 43.5 Å². The van der Waals surface area contributed by atoms with Crippen molar-refractivity contribution in [1.82, 2.24) is 0 Å². The standard InChI is InChI=1S/C8H18O6P2S.3Na/c9-15(10,11)14-16(12,13)17-7-6-8-4-2-1-3-5-8;;;/h8H,1-7H2,(H,12,13)(H2,9,10,11);;;/q;3*+1/p-3. The molecule has 1 rings (SSSR count). The average molecular weight is 370 g/mol. The molecule has 1 saturated carbocycles. The van der Waals surface area contributed by atoms with Crippen molar-refractivity contribution in [1.29, 1.82) is 0 Å². The Labute approximate surface area is 190 Å². The molecule has 1 aliphatic rings. The summed E-state index contributed by atoms with van der Waals surface area (Å²) in [6.45, 7) is -4.60. The molecule has 1 fully saturated rings. The van der Waals surface area contributed by atoms with Gasteiger partial charge in [-0.3, -0.25) is 8.88 Å². The van der Waals surface area contributed by atoms with Crippen LogP contribution < -0.4 is 103 Å². The van der Waals surface area contributed by atoms with Crippen LogP contribution in [0.3, 0.4) is 0 Å². The van der Waals surface area contributed by atoms with Crippen LogP contribution in [0.4, 0.5) is 0 Å². The summed E-state index contributed by atoms with van der Waals surface area (Å²) in [6, 6.07) is 0. The monoisotopic (exact) mass is 370 g/mol. The first-order chi connectivity index (χ1) is 7.79. The fourth-order valence-corrected chi connectivity index (χ4v) is 5.93. The summed E-state index contributed by atoms with van der Waals surface area (Å²) in [4.78, 5) is 31.4. The first kappa shape index (κ1) is 28.5. The minimum absolute atomic E-state index is 0. The van der Waals surface area contributed by atoms with Crippen LogP contribution in [0.15, 0.2) is 0 Å². The van der Waals surface area contributed by atoms with E-state index >= 15 is 0 Å². The maximum absolute atomic E-state index is 11.1. The molecule has 12 heteroatoms. The van der Waals surface area contributed by atoms with Crippen LogP contribution in [0.1, 0.15) is 38.5 Å². The van der Waals surface area contributed by atoms with E-state index in [2.05, 4.69) is 4.31 Å². The van der Waals surface area contributed by atoms with Crippen molar-refractivity contribution in [3.63, 3.8) is 0 Å². The van der Waals surface area contributed by atoms with E-state index in [1.165, 1.54) is 6.42 Å². The van der Waals surface area contributed by atoms with Crippen molar-refractivity contribution < 1.29 is 117 Å². The van der Waals surface area contributed by atoms with Gasteiger partial charge < -0.3 is 19.2 Å². The first-order valence-electron chi connectivity index (χ1n) is 5.47. The van der Waals surface area contributed by atoms with Gasteiger partial charge in [0.1, 0.15) is 0 Å². The Bertz CT molecular complexity index is 336. The van der Waals surface area contributed by atoms with Crippen molar-refractivity contribution in [3.05, 3.63) is 0 Å². The fourth-order valence-electron chi connectivity index (χ4n) is 1.95. The average Bonchev–Trinajstić information content (AvgIpc) is 2.15. The molecule has 1 aliphatic carbocycles. The predicted octanol–water partition coefficient (Wildman–Crippen LogP) is -7.98. The second kappa shape index (κ2) is 13.9. The van der Waals surface area contributed by atoms with E-state index in [-0.39, 0.29) is 94.4 Å². The zero-order valence-corrected chi connectivity index (χ0v) is 20.9. The van der Waals surface area contributed by atoms with E-state index in [4.69, 9.17) is 0 Å². The van der Waals surface area contributed by atoms with Crippen LogP contribution in [0.25, 0.3) is 0 Å². The minimum atomic E-state index is -5.46. The fraction of sp³-hybridized carbons (Fsp3) is 1.00. The topological polar surface area (TPSA) is 113 Å². The Kier molecular flexibility index (Phi) is 19.8. The van der Waals surface area contributed by atoms with Crippen molar-refractivity contribution in [2.24, 2.45) is 5.92 Å². The molecule has 102 valence electrons. The third-order valence-corrected chi connectivity index (χ3v) is 7.13. The Balaban J connectivity index is -0.000000963. The summed E-state index contributed by atoms with van der Waals surface area (Å²) >= 11 is 0.405. The van der Waals surface area contributed by atoms with E-state index in [1.54, 1.807) is 0 Å². The van der Waals surface area contributed by atoms with E-state index in [0.29, 0.717) is 23.7 Å². The molecule has 6 nitrogen and oxygen atoms in total. The van der Waals surface area contributed by atoms with Gasteiger partial charge in [0, 0.05) is 5.75 Å². The van der Waals surface area contributed by atoms with Gasteiger partial charge in [-0.2, -0.15) is 0 Å². The normalized spacial score (nSPS) is 18.9. The number of phosphoric acid groups is 1. The molecular formula is C8H15Na3O6P2S. The van der Waals surface area contributed by atoms with Gasteiger partial charge in [-0.15, -0.1) is 0 Å². The third-order valence-electron chi connectivity index (χ3n) is 2.70. The van der Waals surface area contributed by atoms with Gasteiger partial charge >= 0.3 is 88.7 Å². The van der Waals surface area contributed by atoms with Crippen molar-refractivity contribution in [2.75, 3.05) is 5.75 Å². The number of hydrogen-bond acceptors (Lipinski definition) is 7. The zero-order chi connectivity index (χ0) is 12.9. The zero-order valence-electron chi connectivity index (χ0n) is 12.3. The molecule has 0 radical (unpaired) electrons. The predicted molar refractivity (Wildman–Crippen MR) is 59.9 cm³/mol. The van der Waals surface area contributed by atoms with Crippen LogP contribution in [-0.4, -0.2) is 5.75 Å². The minimum Gasteiger partial charge on any atom is -0.790 e. The smallest absolute Gasteiger partial charge is 0.790 e. The molecule has 0 amide bonds. The van der Waals surface area contributed by atoms with Crippen LogP contribution in [-0.2, 0) is 13.4 Å². The van der Waals surface area contributed by atoms with Gasteiger partial charge in [-0.05, 0) is 12.3 Å². The van der Waals surface area contributed by atoms with E-state index in [0.717, 1.165) is 25.7 Å². The van der Waals surface area contributed by atoms with Gasteiger partial charge in [0.15, 0.2) is 6.80 Å². The largest absolute Gasteiger partial charge is 1.00 e. The van der Waals surface area contributed by atoms with Gasteiger partial charge in [0.05, 0.1) is 7.82 Å². The summed E-state index contributed by atoms with van der Waals surface area (Å²) in [6.07, 6.45) is 6.44. The van der Waals surface area contributed by atoms with Gasteiger partial charge in [-0.25, -0.2) is 0 Å². The molecule has 0 bridgehead atoms. The molecule has 0 aliphatic heterocycles. The van der Waals surface area contributed by atoms with Crippen LogP contribution in [0, 0.1) is 5.92 Å². The quantitative estimate of drug-likeness (QED) is 0.337. The summed E-state index contributed by atoms with van der Waals surface area (Å²) in [5, 5.41) is 0. The van der Waals surface area contributed by atoms with E-state index in [9.17, 15) is 23.8 Å². The first-order valence-corrected chi connectivity index (χ1v) is 10.1. The molecule has 1 atom stereocenters. The SMILES string of the molecule is O=P([O-])([O-])OP(=O)([O-])SCCC1CCCCC1.[Na+].[Na+].[Na+]. The molecule has 0 aromatic carbocycles. The molecule has 0 aromatic rings. The molecule has 0 aromatic heterocycles. The summed E-state index contributed by atoms with van der Waals surface area (Å²) < 4.78 is 24.8. The number of rotatable bonds is 6. The Morgan fingerprint density at radius 3 is 1.95 bits per heavy atom. The van der Waals surface area contributed by atoms with Crippen molar-refractivity contribution in [3.8, 4) is 0 Å². The Morgan fingerprint density at radius 1 is 1.00 bits per heavy atom. The van der Waals surface area contributed by atoms with E-state index < -0.39 is 14.6 Å². The Hall–Kier alpha value is 3.65. The maximum atomic E-state index is 11.1. The van der Waals surface area contributed by atoms with Crippen LogP contribution in [0.2, 0.25) is 0 Å². The third kappa shape index (κ3) is 15.2. The molecule has 1 unspecified atom stereocenters. The second-order valence-electron chi connectivity index (χ2n) is 4.10. The molecule has 20 heavy (non-hydrogen) atoms. The summed E-state index contributed by atoms with van der Waals surface area (Å²) in [5.74, 6) is 0.772. The van der Waals surface area contributed by atoms with Gasteiger partial charge in [0.25, 0.3) is 0 Å². The van der Waals surface area contributed by atoms with Crippen molar-refractivity contribution in [2.45, 2.75) is 38.5 Å². The van der Waals surface area contributed by atoms with Crippen LogP contribution >= 0.6 is 26.0 Å². The van der Waals surface area contributed by atoms with Gasteiger partial charge in [0.2, 0.25) is 0 Å².